The lowest BCUT2D eigenvalue weighted by atomic mass is 10.0. The quantitative estimate of drug-likeness (QED) is 0.777. The number of hydrogen-bond donors (Lipinski definition) is 2. The zero-order valence-corrected chi connectivity index (χ0v) is 14.4. The normalized spacial score (nSPS) is 19.6. The van der Waals surface area contributed by atoms with Crippen molar-refractivity contribution in [3.63, 3.8) is 0 Å². The fourth-order valence-corrected chi connectivity index (χ4v) is 2.54. The van der Waals surface area contributed by atoms with Crippen LogP contribution in [-0.2, 0) is 9.59 Å². The van der Waals surface area contributed by atoms with Crippen LogP contribution in [0.3, 0.4) is 0 Å². The predicted molar refractivity (Wildman–Crippen MR) is 87.2 cm³/mol. The molecule has 0 bridgehead atoms. The molecule has 0 radical (unpaired) electrons. The number of nitrogens with zero attached hydrogens (tertiary/aromatic N) is 1. The molecule has 0 aromatic heterocycles. The number of halogens is 1. The van der Waals surface area contributed by atoms with Crippen molar-refractivity contribution < 1.29 is 9.59 Å². The van der Waals surface area contributed by atoms with Crippen molar-refractivity contribution in [3.05, 3.63) is 0 Å². The Morgan fingerprint density at radius 1 is 1.29 bits per heavy atom. The lowest BCUT2D eigenvalue weighted by Gasteiger charge is -2.27. The first-order chi connectivity index (χ1) is 9.35. The van der Waals surface area contributed by atoms with E-state index in [1.165, 1.54) is 0 Å². The summed E-state index contributed by atoms with van der Waals surface area (Å²) in [6.45, 7) is 10.0. The largest absolute Gasteiger partial charge is 0.344 e. The number of hydrogen-bond acceptors (Lipinski definition) is 3. The SMILES string of the molecule is CC(C)CC(=O)NC(C(=O)N1CCC(CN)C1)C(C)C.Cl. The molecule has 2 amide bonds. The van der Waals surface area contributed by atoms with Crippen LogP contribution in [0, 0.1) is 17.8 Å². The van der Waals surface area contributed by atoms with Crippen LogP contribution in [0.15, 0.2) is 0 Å². The highest BCUT2D eigenvalue weighted by molar-refractivity contribution is 5.88. The van der Waals surface area contributed by atoms with Gasteiger partial charge in [0.2, 0.25) is 11.8 Å². The summed E-state index contributed by atoms with van der Waals surface area (Å²) in [6.07, 6.45) is 1.43. The number of nitrogens with two attached hydrogens (primary N) is 1. The summed E-state index contributed by atoms with van der Waals surface area (Å²) in [6, 6.07) is -0.419. The van der Waals surface area contributed by atoms with Gasteiger partial charge in [-0.2, -0.15) is 0 Å². The minimum Gasteiger partial charge on any atom is -0.344 e. The number of nitrogens with one attached hydrogen (secondary N) is 1. The van der Waals surface area contributed by atoms with Gasteiger partial charge in [0, 0.05) is 19.5 Å². The summed E-state index contributed by atoms with van der Waals surface area (Å²) in [7, 11) is 0. The molecule has 0 spiro atoms. The molecule has 2 unspecified atom stereocenters. The third kappa shape index (κ3) is 6.22. The fraction of sp³-hybridized carbons (Fsp3) is 0.867. The van der Waals surface area contributed by atoms with Gasteiger partial charge in [-0.15, -0.1) is 12.4 Å². The topological polar surface area (TPSA) is 75.4 Å². The molecule has 5 nitrogen and oxygen atoms in total. The van der Waals surface area contributed by atoms with Gasteiger partial charge in [-0.25, -0.2) is 0 Å². The summed E-state index contributed by atoms with van der Waals surface area (Å²) >= 11 is 0. The van der Waals surface area contributed by atoms with Crippen LogP contribution >= 0.6 is 12.4 Å². The molecule has 0 aromatic rings. The molecule has 1 aliphatic rings. The first kappa shape index (κ1) is 20.2. The molecular weight excluding hydrogens is 290 g/mol. The molecule has 1 aliphatic heterocycles. The van der Waals surface area contributed by atoms with Crippen LogP contribution < -0.4 is 11.1 Å². The van der Waals surface area contributed by atoms with Crippen LogP contribution in [0.4, 0.5) is 0 Å². The molecule has 21 heavy (non-hydrogen) atoms. The molecule has 124 valence electrons. The number of rotatable bonds is 6. The van der Waals surface area contributed by atoms with E-state index >= 15 is 0 Å². The Hall–Kier alpha value is -0.810. The van der Waals surface area contributed by atoms with Crippen LogP contribution in [-0.4, -0.2) is 42.4 Å². The number of amides is 2. The summed E-state index contributed by atoms with van der Waals surface area (Å²) < 4.78 is 0. The van der Waals surface area contributed by atoms with E-state index in [9.17, 15) is 9.59 Å². The molecule has 1 saturated heterocycles. The summed E-state index contributed by atoms with van der Waals surface area (Å²) in [5.41, 5.74) is 5.66. The van der Waals surface area contributed by atoms with Crippen LogP contribution in [0.25, 0.3) is 0 Å². The molecule has 0 aliphatic carbocycles. The maximum atomic E-state index is 12.5. The number of likely N-dealkylation sites (tertiary alicyclic amines) is 1. The smallest absolute Gasteiger partial charge is 0.245 e. The Morgan fingerprint density at radius 3 is 2.33 bits per heavy atom. The molecule has 1 heterocycles. The minimum atomic E-state index is -0.419. The molecule has 1 fully saturated rings. The van der Waals surface area contributed by atoms with Gasteiger partial charge >= 0.3 is 0 Å². The van der Waals surface area contributed by atoms with Gasteiger partial charge in [-0.05, 0) is 30.7 Å². The molecule has 0 saturated carbocycles. The molecule has 3 N–H and O–H groups in total. The lowest BCUT2D eigenvalue weighted by molar-refractivity contribution is -0.137. The fourth-order valence-electron chi connectivity index (χ4n) is 2.54. The monoisotopic (exact) mass is 319 g/mol. The van der Waals surface area contributed by atoms with E-state index in [1.54, 1.807) is 0 Å². The van der Waals surface area contributed by atoms with Crippen LogP contribution in [0.5, 0.6) is 0 Å². The maximum Gasteiger partial charge on any atom is 0.245 e. The van der Waals surface area contributed by atoms with Crippen LogP contribution in [0.2, 0.25) is 0 Å². The Bertz CT molecular complexity index is 348. The van der Waals surface area contributed by atoms with E-state index in [4.69, 9.17) is 5.73 Å². The number of carbonyl (C=O) groups excluding carboxylic acids is 2. The van der Waals surface area contributed by atoms with E-state index in [0.717, 1.165) is 19.5 Å². The molecule has 6 heteroatoms. The molecule has 0 aromatic carbocycles. The van der Waals surface area contributed by atoms with Gasteiger partial charge in [-0.3, -0.25) is 9.59 Å². The summed E-state index contributed by atoms with van der Waals surface area (Å²) in [5.74, 6) is 0.787. The number of carbonyl (C=O) groups is 2. The standard InChI is InChI=1S/C15H29N3O2.ClH/c1-10(2)7-13(19)17-14(11(3)4)15(20)18-6-5-12(8-16)9-18;/h10-12,14H,5-9,16H2,1-4H3,(H,17,19);1H. The van der Waals surface area contributed by atoms with Crippen molar-refractivity contribution in [2.75, 3.05) is 19.6 Å². The van der Waals surface area contributed by atoms with Crippen molar-refractivity contribution in [2.24, 2.45) is 23.5 Å². The Morgan fingerprint density at radius 2 is 1.90 bits per heavy atom. The molecular formula is C15H30ClN3O2. The summed E-state index contributed by atoms with van der Waals surface area (Å²) in [4.78, 5) is 26.3. The zero-order chi connectivity index (χ0) is 15.3. The highest BCUT2D eigenvalue weighted by Crippen LogP contribution is 2.18. The second-order valence-corrected chi connectivity index (χ2v) is 6.56. The van der Waals surface area contributed by atoms with Gasteiger partial charge in [-0.1, -0.05) is 27.7 Å². The van der Waals surface area contributed by atoms with Crippen molar-refractivity contribution in [1.82, 2.24) is 10.2 Å². The Labute approximate surface area is 134 Å². The predicted octanol–water partition coefficient (Wildman–Crippen LogP) is 1.40. The van der Waals surface area contributed by atoms with E-state index in [2.05, 4.69) is 5.32 Å². The van der Waals surface area contributed by atoms with E-state index in [1.807, 2.05) is 32.6 Å². The minimum absolute atomic E-state index is 0. The first-order valence-electron chi connectivity index (χ1n) is 7.63. The second kappa shape index (κ2) is 9.26. The first-order valence-corrected chi connectivity index (χ1v) is 7.63. The van der Waals surface area contributed by atoms with Crippen molar-refractivity contribution >= 4 is 24.2 Å². The van der Waals surface area contributed by atoms with Crippen molar-refractivity contribution in [1.29, 1.82) is 0 Å². The van der Waals surface area contributed by atoms with E-state index in [-0.39, 0.29) is 30.1 Å². The van der Waals surface area contributed by atoms with Gasteiger partial charge in [0.1, 0.15) is 6.04 Å². The zero-order valence-electron chi connectivity index (χ0n) is 13.6. The molecule has 1 rings (SSSR count). The highest BCUT2D eigenvalue weighted by Gasteiger charge is 2.32. The average Bonchev–Trinajstić information content (AvgIpc) is 2.82. The van der Waals surface area contributed by atoms with Crippen LogP contribution in [0.1, 0.15) is 40.5 Å². The third-order valence-corrected chi connectivity index (χ3v) is 3.77. The Kier molecular flexibility index (Phi) is 8.90. The lowest BCUT2D eigenvalue weighted by Crippen LogP contribution is -2.51. The van der Waals surface area contributed by atoms with Crippen molar-refractivity contribution in [2.45, 2.75) is 46.6 Å². The van der Waals surface area contributed by atoms with E-state index in [0.29, 0.717) is 24.8 Å². The van der Waals surface area contributed by atoms with E-state index < -0.39 is 6.04 Å². The van der Waals surface area contributed by atoms with Gasteiger partial charge in [0.05, 0.1) is 0 Å². The summed E-state index contributed by atoms with van der Waals surface area (Å²) in [5, 5.41) is 2.90. The maximum absolute atomic E-state index is 12.5. The van der Waals surface area contributed by atoms with Gasteiger partial charge in [0.15, 0.2) is 0 Å². The average molecular weight is 320 g/mol. The third-order valence-electron chi connectivity index (χ3n) is 3.77. The highest BCUT2D eigenvalue weighted by atomic mass is 35.5. The van der Waals surface area contributed by atoms with Gasteiger partial charge in [0.25, 0.3) is 0 Å². The van der Waals surface area contributed by atoms with Crippen molar-refractivity contribution in [3.8, 4) is 0 Å². The molecule has 2 atom stereocenters. The second-order valence-electron chi connectivity index (χ2n) is 6.56. The Balaban J connectivity index is 0.00000400. The van der Waals surface area contributed by atoms with Gasteiger partial charge < -0.3 is 16.0 Å².